The number of rotatable bonds is 3. The van der Waals surface area contributed by atoms with E-state index in [9.17, 15) is 4.79 Å². The molecule has 1 atom stereocenters. The predicted octanol–water partition coefficient (Wildman–Crippen LogP) is 2.01. The number of nitrogen functional groups attached to an aromatic ring is 1. The van der Waals surface area contributed by atoms with E-state index in [1.165, 1.54) is 5.56 Å². The number of nitrogens with zero attached hydrogens (tertiary/aromatic N) is 2. The zero-order valence-electron chi connectivity index (χ0n) is 13.3. The van der Waals surface area contributed by atoms with Gasteiger partial charge in [-0.25, -0.2) is 4.98 Å². The minimum Gasteiger partial charge on any atom is -0.384 e. The van der Waals surface area contributed by atoms with Crippen LogP contribution in [-0.4, -0.2) is 35.4 Å². The van der Waals surface area contributed by atoms with Gasteiger partial charge in [0.05, 0.1) is 6.04 Å². The highest BCUT2D eigenvalue weighted by atomic mass is 16.2. The SMILES string of the molecule is CCc1ccc(C2CNCCN2C(=O)c2cccc(N)n2)cc1. The Morgan fingerprint density at radius 2 is 2.09 bits per heavy atom. The summed E-state index contributed by atoms with van der Waals surface area (Å²) >= 11 is 0. The maximum absolute atomic E-state index is 12.8. The van der Waals surface area contributed by atoms with Crippen molar-refractivity contribution in [2.75, 3.05) is 25.4 Å². The van der Waals surface area contributed by atoms with E-state index in [1.807, 2.05) is 4.90 Å². The Kier molecular flexibility index (Phi) is 4.57. The van der Waals surface area contributed by atoms with Gasteiger partial charge in [-0.05, 0) is 29.7 Å². The van der Waals surface area contributed by atoms with Crippen LogP contribution in [0, 0.1) is 0 Å². The third-order valence-corrected chi connectivity index (χ3v) is 4.27. The van der Waals surface area contributed by atoms with Crippen LogP contribution in [0.4, 0.5) is 5.82 Å². The van der Waals surface area contributed by atoms with E-state index in [0.717, 1.165) is 25.1 Å². The Balaban J connectivity index is 1.87. The molecule has 3 N–H and O–H groups in total. The highest BCUT2D eigenvalue weighted by molar-refractivity contribution is 5.93. The Morgan fingerprint density at radius 1 is 1.30 bits per heavy atom. The average Bonchev–Trinajstić information content (AvgIpc) is 2.61. The fraction of sp³-hybridized carbons (Fsp3) is 0.333. The molecule has 0 bridgehead atoms. The summed E-state index contributed by atoms with van der Waals surface area (Å²) in [7, 11) is 0. The van der Waals surface area contributed by atoms with Crippen molar-refractivity contribution in [1.29, 1.82) is 0 Å². The number of carbonyl (C=O) groups is 1. The van der Waals surface area contributed by atoms with Crippen LogP contribution in [-0.2, 0) is 6.42 Å². The largest absolute Gasteiger partial charge is 0.384 e. The fourth-order valence-electron chi connectivity index (χ4n) is 2.94. The molecule has 5 nitrogen and oxygen atoms in total. The monoisotopic (exact) mass is 310 g/mol. The number of carbonyl (C=O) groups excluding carboxylic acids is 1. The smallest absolute Gasteiger partial charge is 0.273 e. The summed E-state index contributed by atoms with van der Waals surface area (Å²) in [5, 5.41) is 3.37. The third kappa shape index (κ3) is 3.35. The van der Waals surface area contributed by atoms with Gasteiger partial charge in [0, 0.05) is 19.6 Å². The van der Waals surface area contributed by atoms with Gasteiger partial charge in [-0.2, -0.15) is 0 Å². The molecule has 2 heterocycles. The lowest BCUT2D eigenvalue weighted by Gasteiger charge is -2.36. The molecular formula is C18H22N4O. The second-order valence-electron chi connectivity index (χ2n) is 5.76. The van der Waals surface area contributed by atoms with Gasteiger partial charge >= 0.3 is 0 Å². The Bertz CT molecular complexity index is 684. The number of piperazine rings is 1. The molecule has 5 heteroatoms. The molecule has 1 aromatic carbocycles. The van der Waals surface area contributed by atoms with Gasteiger partial charge in [-0.15, -0.1) is 0 Å². The first kappa shape index (κ1) is 15.5. The number of anilines is 1. The van der Waals surface area contributed by atoms with Crippen molar-refractivity contribution in [3.63, 3.8) is 0 Å². The summed E-state index contributed by atoms with van der Waals surface area (Å²) in [4.78, 5) is 18.9. The fourth-order valence-corrected chi connectivity index (χ4v) is 2.94. The Hall–Kier alpha value is -2.40. The maximum Gasteiger partial charge on any atom is 0.273 e. The summed E-state index contributed by atoms with van der Waals surface area (Å²) in [6.07, 6.45) is 1.01. The number of nitrogens with two attached hydrogens (primary N) is 1. The lowest BCUT2D eigenvalue weighted by Crippen LogP contribution is -2.48. The molecule has 2 aromatic rings. The van der Waals surface area contributed by atoms with Crippen LogP contribution < -0.4 is 11.1 Å². The van der Waals surface area contributed by atoms with Crippen molar-refractivity contribution in [1.82, 2.24) is 15.2 Å². The normalized spacial score (nSPS) is 18.0. The van der Waals surface area contributed by atoms with Crippen LogP contribution in [0.25, 0.3) is 0 Å². The van der Waals surface area contributed by atoms with Gasteiger partial charge in [-0.1, -0.05) is 37.3 Å². The molecule has 0 saturated carbocycles. The predicted molar refractivity (Wildman–Crippen MR) is 91.1 cm³/mol. The van der Waals surface area contributed by atoms with Crippen LogP contribution in [0.3, 0.4) is 0 Å². The molecule has 1 saturated heterocycles. The summed E-state index contributed by atoms with van der Waals surface area (Å²) < 4.78 is 0. The number of amides is 1. The molecule has 120 valence electrons. The topological polar surface area (TPSA) is 71.2 Å². The molecule has 1 aromatic heterocycles. The second kappa shape index (κ2) is 6.79. The van der Waals surface area contributed by atoms with Crippen LogP contribution >= 0.6 is 0 Å². The number of hydrogen-bond donors (Lipinski definition) is 2. The van der Waals surface area contributed by atoms with Gasteiger partial charge in [0.15, 0.2) is 0 Å². The van der Waals surface area contributed by atoms with Crippen LogP contribution in [0.15, 0.2) is 42.5 Å². The zero-order chi connectivity index (χ0) is 16.2. The summed E-state index contributed by atoms with van der Waals surface area (Å²) in [5.41, 5.74) is 8.56. The van der Waals surface area contributed by atoms with Gasteiger partial charge in [0.1, 0.15) is 11.5 Å². The van der Waals surface area contributed by atoms with Crippen molar-refractivity contribution in [3.8, 4) is 0 Å². The highest BCUT2D eigenvalue weighted by Gasteiger charge is 2.29. The quantitative estimate of drug-likeness (QED) is 0.910. The number of nitrogens with one attached hydrogen (secondary N) is 1. The number of hydrogen-bond acceptors (Lipinski definition) is 4. The summed E-state index contributed by atoms with van der Waals surface area (Å²) in [5.74, 6) is 0.304. The second-order valence-corrected chi connectivity index (χ2v) is 5.76. The van der Waals surface area contributed by atoms with E-state index in [4.69, 9.17) is 5.73 Å². The van der Waals surface area contributed by atoms with E-state index in [1.54, 1.807) is 18.2 Å². The third-order valence-electron chi connectivity index (χ3n) is 4.27. The minimum atomic E-state index is -0.0663. The first-order valence-electron chi connectivity index (χ1n) is 8.02. The summed E-state index contributed by atoms with van der Waals surface area (Å²) in [6, 6.07) is 13.7. The van der Waals surface area contributed by atoms with Crippen molar-refractivity contribution in [2.45, 2.75) is 19.4 Å². The Labute approximate surface area is 136 Å². The number of benzene rings is 1. The molecule has 1 aliphatic heterocycles. The van der Waals surface area contributed by atoms with Crippen LogP contribution in [0.2, 0.25) is 0 Å². The minimum absolute atomic E-state index is 0.0189. The lowest BCUT2D eigenvalue weighted by molar-refractivity contribution is 0.0628. The van der Waals surface area contributed by atoms with E-state index in [0.29, 0.717) is 18.1 Å². The van der Waals surface area contributed by atoms with Crippen molar-refractivity contribution < 1.29 is 4.79 Å². The average molecular weight is 310 g/mol. The first-order chi connectivity index (χ1) is 11.2. The molecule has 1 fully saturated rings. The maximum atomic E-state index is 12.8. The van der Waals surface area contributed by atoms with E-state index in [-0.39, 0.29) is 11.9 Å². The van der Waals surface area contributed by atoms with Crippen molar-refractivity contribution >= 4 is 11.7 Å². The van der Waals surface area contributed by atoms with E-state index < -0.39 is 0 Å². The van der Waals surface area contributed by atoms with E-state index >= 15 is 0 Å². The van der Waals surface area contributed by atoms with Gasteiger partial charge in [0.2, 0.25) is 0 Å². The van der Waals surface area contributed by atoms with Gasteiger partial charge < -0.3 is 16.0 Å². The molecule has 0 aliphatic carbocycles. The molecule has 3 rings (SSSR count). The highest BCUT2D eigenvalue weighted by Crippen LogP contribution is 2.24. The Morgan fingerprint density at radius 3 is 2.78 bits per heavy atom. The van der Waals surface area contributed by atoms with Gasteiger partial charge in [-0.3, -0.25) is 4.79 Å². The van der Waals surface area contributed by atoms with E-state index in [2.05, 4.69) is 41.5 Å². The molecule has 0 spiro atoms. The number of pyridine rings is 1. The summed E-state index contributed by atoms with van der Waals surface area (Å²) in [6.45, 7) is 4.34. The molecule has 23 heavy (non-hydrogen) atoms. The zero-order valence-corrected chi connectivity index (χ0v) is 13.3. The molecular weight excluding hydrogens is 288 g/mol. The number of aromatic nitrogens is 1. The molecule has 1 aliphatic rings. The van der Waals surface area contributed by atoms with Crippen LogP contribution in [0.5, 0.6) is 0 Å². The molecule has 1 amide bonds. The van der Waals surface area contributed by atoms with Gasteiger partial charge in [0.25, 0.3) is 5.91 Å². The van der Waals surface area contributed by atoms with Crippen molar-refractivity contribution in [2.24, 2.45) is 0 Å². The molecule has 1 unspecified atom stereocenters. The standard InChI is InChI=1S/C18H22N4O/c1-2-13-6-8-14(9-7-13)16-12-20-10-11-22(16)18(23)15-4-3-5-17(19)21-15/h3-9,16,20H,2,10-12H2,1H3,(H2,19,21). The lowest BCUT2D eigenvalue weighted by atomic mass is 10.0. The van der Waals surface area contributed by atoms with Crippen LogP contribution in [0.1, 0.15) is 34.6 Å². The first-order valence-corrected chi connectivity index (χ1v) is 8.02. The number of aryl methyl sites for hydroxylation is 1. The van der Waals surface area contributed by atoms with Crippen molar-refractivity contribution in [3.05, 3.63) is 59.3 Å². The molecule has 0 radical (unpaired) electrons.